The quantitative estimate of drug-likeness (QED) is 0.506. The monoisotopic (exact) mass is 389 g/mol. The third-order valence-corrected chi connectivity index (χ3v) is 4.04. The van der Waals surface area contributed by atoms with Crippen molar-refractivity contribution in [2.45, 2.75) is 26.8 Å². The molecule has 0 unspecified atom stereocenters. The van der Waals surface area contributed by atoms with Crippen molar-refractivity contribution in [2.24, 2.45) is 5.92 Å². The van der Waals surface area contributed by atoms with Crippen LogP contribution in [0.4, 0.5) is 5.69 Å². The number of aromatic nitrogens is 2. The van der Waals surface area contributed by atoms with Gasteiger partial charge in [-0.3, -0.25) is 0 Å². The summed E-state index contributed by atoms with van der Waals surface area (Å²) in [5.41, 5.74) is 2.98. The lowest BCUT2D eigenvalue weighted by Gasteiger charge is -2.03. The molecule has 29 heavy (non-hydrogen) atoms. The van der Waals surface area contributed by atoms with Crippen LogP contribution in [-0.4, -0.2) is 23.2 Å². The van der Waals surface area contributed by atoms with E-state index in [-0.39, 0.29) is 5.97 Å². The van der Waals surface area contributed by atoms with Crippen LogP contribution in [0.15, 0.2) is 53.1 Å². The zero-order chi connectivity index (χ0) is 20.6. The third kappa shape index (κ3) is 5.94. The molecule has 2 aromatic carbocycles. The molecule has 1 heterocycles. The van der Waals surface area contributed by atoms with E-state index in [4.69, 9.17) is 9.26 Å². The van der Waals surface area contributed by atoms with Gasteiger partial charge in [0.25, 0.3) is 0 Å². The fourth-order valence-corrected chi connectivity index (χ4v) is 2.68. The Labute approximate surface area is 170 Å². The van der Waals surface area contributed by atoms with Crippen LogP contribution in [0, 0.1) is 17.8 Å². The van der Waals surface area contributed by atoms with Crippen LogP contribution in [0.2, 0.25) is 0 Å². The first-order valence-electron chi connectivity index (χ1n) is 9.39. The van der Waals surface area contributed by atoms with Gasteiger partial charge in [-0.15, -0.1) is 0 Å². The second-order valence-electron chi connectivity index (χ2n) is 6.96. The van der Waals surface area contributed by atoms with Gasteiger partial charge in [0.15, 0.2) is 5.82 Å². The van der Waals surface area contributed by atoms with E-state index < -0.39 is 0 Å². The van der Waals surface area contributed by atoms with Gasteiger partial charge in [-0.25, -0.2) is 4.79 Å². The fraction of sp³-hybridized carbons (Fsp3) is 0.261. The summed E-state index contributed by atoms with van der Waals surface area (Å²) in [5, 5.41) is 7.27. The molecule has 0 aliphatic carbocycles. The summed E-state index contributed by atoms with van der Waals surface area (Å²) in [6.07, 6.45) is 0.797. The van der Waals surface area contributed by atoms with Crippen molar-refractivity contribution >= 4 is 11.7 Å². The Morgan fingerprint density at radius 3 is 2.59 bits per heavy atom. The molecule has 1 N–H and O–H groups in total. The number of benzene rings is 2. The summed E-state index contributed by atoms with van der Waals surface area (Å²) in [7, 11) is 1.36. The Balaban J connectivity index is 1.65. The summed E-state index contributed by atoms with van der Waals surface area (Å²) in [6, 6.07) is 14.8. The van der Waals surface area contributed by atoms with Crippen LogP contribution in [0.5, 0.6) is 0 Å². The Kier molecular flexibility index (Phi) is 6.64. The number of carbonyl (C=O) groups is 1. The minimum atomic E-state index is -0.377. The maximum Gasteiger partial charge on any atom is 0.337 e. The van der Waals surface area contributed by atoms with E-state index in [0.29, 0.717) is 23.9 Å². The van der Waals surface area contributed by atoms with Gasteiger partial charge in [0.2, 0.25) is 5.89 Å². The van der Waals surface area contributed by atoms with Gasteiger partial charge < -0.3 is 14.6 Å². The molecule has 0 atom stereocenters. The first kappa shape index (κ1) is 20.2. The van der Waals surface area contributed by atoms with Crippen molar-refractivity contribution in [3.63, 3.8) is 0 Å². The topological polar surface area (TPSA) is 77.2 Å². The molecule has 0 aliphatic heterocycles. The number of rotatable bonds is 6. The van der Waals surface area contributed by atoms with Crippen LogP contribution in [0.1, 0.15) is 47.0 Å². The molecule has 0 saturated heterocycles. The standard InChI is InChI=1S/C23H23N3O3/c1-16(2)12-21-25-22(29-26-21)15-24-20-9-5-7-18(14-20)11-10-17-6-4-8-19(13-17)23(27)28-3/h4-9,13-14,16,24H,12,15H2,1-3H3. The van der Waals surface area contributed by atoms with Gasteiger partial charge in [0.05, 0.1) is 19.2 Å². The Hall–Kier alpha value is -3.59. The summed E-state index contributed by atoms with van der Waals surface area (Å²) in [4.78, 5) is 16.0. The number of anilines is 1. The molecule has 0 saturated carbocycles. The van der Waals surface area contributed by atoms with E-state index in [9.17, 15) is 4.79 Å². The molecular weight excluding hydrogens is 366 g/mol. The van der Waals surface area contributed by atoms with Crippen LogP contribution >= 0.6 is 0 Å². The Morgan fingerprint density at radius 2 is 1.86 bits per heavy atom. The molecule has 3 rings (SSSR count). The van der Waals surface area contributed by atoms with Crippen LogP contribution in [0.25, 0.3) is 0 Å². The highest BCUT2D eigenvalue weighted by Gasteiger charge is 2.08. The normalized spacial score (nSPS) is 10.3. The number of ether oxygens (including phenoxy) is 1. The summed E-state index contributed by atoms with van der Waals surface area (Å²) in [5.74, 6) is 7.58. The number of esters is 1. The zero-order valence-corrected chi connectivity index (χ0v) is 16.7. The summed E-state index contributed by atoms with van der Waals surface area (Å²) >= 11 is 0. The van der Waals surface area contributed by atoms with E-state index in [2.05, 4.69) is 41.1 Å². The van der Waals surface area contributed by atoms with Gasteiger partial charge in [-0.2, -0.15) is 4.98 Å². The molecule has 6 heteroatoms. The minimum absolute atomic E-state index is 0.377. The molecule has 3 aromatic rings. The molecule has 0 fully saturated rings. The van der Waals surface area contributed by atoms with Crippen molar-refractivity contribution < 1.29 is 14.1 Å². The molecule has 1 aromatic heterocycles. The smallest absolute Gasteiger partial charge is 0.337 e. The van der Waals surface area contributed by atoms with Crippen molar-refractivity contribution in [1.29, 1.82) is 0 Å². The number of nitrogens with one attached hydrogen (secondary N) is 1. The number of carbonyl (C=O) groups excluding carboxylic acids is 1. The average Bonchev–Trinajstić information content (AvgIpc) is 3.17. The molecule has 0 bridgehead atoms. The highest BCUT2D eigenvalue weighted by Crippen LogP contribution is 2.12. The third-order valence-electron chi connectivity index (χ3n) is 4.04. The Bertz CT molecular complexity index is 1040. The summed E-state index contributed by atoms with van der Waals surface area (Å²) < 4.78 is 10.0. The van der Waals surface area contributed by atoms with Gasteiger partial charge >= 0.3 is 5.97 Å². The lowest BCUT2D eigenvalue weighted by molar-refractivity contribution is 0.0600. The fourth-order valence-electron chi connectivity index (χ4n) is 2.68. The van der Waals surface area contributed by atoms with Gasteiger partial charge in [-0.05, 0) is 42.3 Å². The van der Waals surface area contributed by atoms with E-state index in [0.717, 1.165) is 29.1 Å². The number of nitrogens with zero attached hydrogens (tertiary/aromatic N) is 2. The SMILES string of the molecule is COC(=O)c1cccc(C#Cc2cccc(NCc3nc(CC(C)C)no3)c2)c1. The second-order valence-corrected chi connectivity index (χ2v) is 6.96. The minimum Gasteiger partial charge on any atom is -0.465 e. The molecule has 148 valence electrons. The van der Waals surface area contributed by atoms with Crippen LogP contribution in [0.3, 0.4) is 0 Å². The zero-order valence-electron chi connectivity index (χ0n) is 16.7. The first-order chi connectivity index (χ1) is 14.0. The number of methoxy groups -OCH3 is 1. The van der Waals surface area contributed by atoms with E-state index >= 15 is 0 Å². The van der Waals surface area contributed by atoms with Gasteiger partial charge in [0, 0.05) is 23.2 Å². The van der Waals surface area contributed by atoms with Crippen LogP contribution < -0.4 is 5.32 Å². The lowest BCUT2D eigenvalue weighted by Crippen LogP contribution is -2.01. The lowest BCUT2D eigenvalue weighted by atomic mass is 10.1. The molecule has 0 aliphatic rings. The summed E-state index contributed by atoms with van der Waals surface area (Å²) in [6.45, 7) is 4.68. The maximum atomic E-state index is 11.6. The number of hydrogen-bond acceptors (Lipinski definition) is 6. The predicted molar refractivity (Wildman–Crippen MR) is 110 cm³/mol. The highest BCUT2D eigenvalue weighted by molar-refractivity contribution is 5.89. The molecule has 6 nitrogen and oxygen atoms in total. The van der Waals surface area contributed by atoms with Crippen molar-refractivity contribution in [2.75, 3.05) is 12.4 Å². The molecule has 0 amide bonds. The highest BCUT2D eigenvalue weighted by atomic mass is 16.5. The van der Waals surface area contributed by atoms with Crippen LogP contribution in [-0.2, 0) is 17.7 Å². The predicted octanol–water partition coefficient (Wildman–Crippen LogP) is 4.07. The molecule has 0 spiro atoms. The van der Waals surface area contributed by atoms with E-state index in [1.165, 1.54) is 7.11 Å². The number of hydrogen-bond donors (Lipinski definition) is 1. The largest absolute Gasteiger partial charge is 0.465 e. The molecular formula is C23H23N3O3. The Morgan fingerprint density at radius 1 is 1.14 bits per heavy atom. The maximum absolute atomic E-state index is 11.6. The van der Waals surface area contributed by atoms with Gasteiger partial charge in [0.1, 0.15) is 0 Å². The second kappa shape index (κ2) is 9.56. The molecule has 0 radical (unpaired) electrons. The van der Waals surface area contributed by atoms with E-state index in [1.807, 2.05) is 30.3 Å². The van der Waals surface area contributed by atoms with Crippen molar-refractivity contribution in [1.82, 2.24) is 10.1 Å². The average molecular weight is 389 g/mol. The van der Waals surface area contributed by atoms with Crippen molar-refractivity contribution in [3.05, 3.63) is 76.9 Å². The van der Waals surface area contributed by atoms with Crippen molar-refractivity contribution in [3.8, 4) is 11.8 Å². The van der Waals surface area contributed by atoms with Gasteiger partial charge in [-0.1, -0.05) is 43.0 Å². The van der Waals surface area contributed by atoms with E-state index in [1.54, 1.807) is 18.2 Å². The first-order valence-corrected chi connectivity index (χ1v) is 9.39.